The molecule has 1 aliphatic rings. The molecule has 0 bridgehead atoms. The molecule has 4 N–H and O–H groups in total. The van der Waals surface area contributed by atoms with Gasteiger partial charge in [0.05, 0.1) is 5.02 Å². The Bertz CT molecular complexity index is 557. The molecule has 1 fully saturated rings. The maximum absolute atomic E-state index is 12.0. The number of halogens is 1. The van der Waals surface area contributed by atoms with Gasteiger partial charge < -0.3 is 5.43 Å². The highest BCUT2D eigenvalue weighted by Crippen LogP contribution is 2.44. The molecule has 0 amide bonds. The number of hydrazine groups is 1. The van der Waals surface area contributed by atoms with Crippen molar-refractivity contribution in [3.05, 3.63) is 17.3 Å². The molecule has 8 heteroatoms. The van der Waals surface area contributed by atoms with E-state index in [0.717, 1.165) is 12.8 Å². The number of hydrogen-bond donors (Lipinski definition) is 3. The molecule has 1 aliphatic carbocycles. The van der Waals surface area contributed by atoms with Crippen LogP contribution in [-0.2, 0) is 10.0 Å². The van der Waals surface area contributed by atoms with Crippen molar-refractivity contribution < 1.29 is 8.42 Å². The summed E-state index contributed by atoms with van der Waals surface area (Å²) in [7, 11) is -3.57. The Kier molecular flexibility index (Phi) is 3.50. The third-order valence-electron chi connectivity index (χ3n) is 3.06. The van der Waals surface area contributed by atoms with E-state index in [-0.39, 0.29) is 21.2 Å². The van der Waals surface area contributed by atoms with Crippen LogP contribution >= 0.6 is 11.6 Å². The summed E-state index contributed by atoms with van der Waals surface area (Å²) >= 11 is 5.84. The lowest BCUT2D eigenvalue weighted by Gasteiger charge is -2.11. The zero-order valence-electron chi connectivity index (χ0n) is 9.90. The first-order chi connectivity index (χ1) is 8.36. The fraction of sp³-hybridized carbons (Fsp3) is 0.500. The molecular formula is C10H15ClN4O2S. The highest BCUT2D eigenvalue weighted by Gasteiger charge is 2.38. The Morgan fingerprint density at radius 3 is 2.72 bits per heavy atom. The quantitative estimate of drug-likeness (QED) is 0.557. The second kappa shape index (κ2) is 4.65. The Hall–Kier alpha value is -0.890. The van der Waals surface area contributed by atoms with Crippen LogP contribution in [0.1, 0.15) is 19.8 Å². The second-order valence-corrected chi connectivity index (χ2v) is 6.96. The van der Waals surface area contributed by atoms with Gasteiger partial charge in [-0.2, -0.15) is 0 Å². The Morgan fingerprint density at radius 1 is 1.56 bits per heavy atom. The molecule has 0 saturated heterocycles. The van der Waals surface area contributed by atoms with Gasteiger partial charge in [0.2, 0.25) is 10.0 Å². The average Bonchev–Trinajstić information content (AvgIpc) is 3.06. The van der Waals surface area contributed by atoms with Crippen molar-refractivity contribution in [1.29, 1.82) is 0 Å². The minimum atomic E-state index is -3.57. The zero-order valence-corrected chi connectivity index (χ0v) is 11.5. The smallest absolute Gasteiger partial charge is 0.242 e. The van der Waals surface area contributed by atoms with Crippen LogP contribution in [0, 0.1) is 5.41 Å². The van der Waals surface area contributed by atoms with Gasteiger partial charge in [0.25, 0.3) is 0 Å². The van der Waals surface area contributed by atoms with Crippen LogP contribution < -0.4 is 16.0 Å². The number of pyridine rings is 1. The van der Waals surface area contributed by atoms with Gasteiger partial charge in [0.15, 0.2) is 5.82 Å². The summed E-state index contributed by atoms with van der Waals surface area (Å²) in [6.07, 6.45) is 3.31. The number of nitrogens with two attached hydrogens (primary N) is 1. The zero-order chi connectivity index (χ0) is 13.4. The predicted octanol–water partition coefficient (Wildman–Crippen LogP) is 1.10. The molecule has 6 nitrogen and oxygen atoms in total. The maximum Gasteiger partial charge on any atom is 0.242 e. The molecule has 100 valence electrons. The van der Waals surface area contributed by atoms with Crippen LogP contribution in [0.15, 0.2) is 17.2 Å². The Labute approximate surface area is 111 Å². The molecular weight excluding hydrogens is 276 g/mol. The van der Waals surface area contributed by atoms with Crippen molar-refractivity contribution >= 4 is 27.4 Å². The van der Waals surface area contributed by atoms with Crippen molar-refractivity contribution in [2.75, 3.05) is 12.0 Å². The van der Waals surface area contributed by atoms with Gasteiger partial charge >= 0.3 is 0 Å². The number of anilines is 1. The van der Waals surface area contributed by atoms with Crippen molar-refractivity contribution in [1.82, 2.24) is 9.71 Å². The molecule has 1 aromatic rings. The summed E-state index contributed by atoms with van der Waals surface area (Å²) in [4.78, 5) is 3.87. The van der Waals surface area contributed by atoms with Crippen LogP contribution in [0.4, 0.5) is 5.82 Å². The summed E-state index contributed by atoms with van der Waals surface area (Å²) in [5.74, 6) is 5.41. The van der Waals surface area contributed by atoms with E-state index in [0.29, 0.717) is 6.54 Å². The molecule has 2 rings (SSSR count). The van der Waals surface area contributed by atoms with Crippen LogP contribution in [0.3, 0.4) is 0 Å². The first kappa shape index (κ1) is 13.5. The SMILES string of the molecule is CC1(CNS(=O)(=O)c2cnc(NN)c(Cl)c2)CC1. The van der Waals surface area contributed by atoms with E-state index in [1.807, 2.05) is 6.92 Å². The minimum Gasteiger partial charge on any atom is -0.307 e. The van der Waals surface area contributed by atoms with E-state index in [9.17, 15) is 8.42 Å². The number of aromatic nitrogens is 1. The lowest BCUT2D eigenvalue weighted by atomic mass is 10.2. The third kappa shape index (κ3) is 2.92. The molecule has 0 aromatic carbocycles. The van der Waals surface area contributed by atoms with Gasteiger partial charge in [-0.25, -0.2) is 24.0 Å². The molecule has 1 heterocycles. The van der Waals surface area contributed by atoms with Gasteiger partial charge in [-0.1, -0.05) is 18.5 Å². The van der Waals surface area contributed by atoms with E-state index in [1.54, 1.807) is 0 Å². The van der Waals surface area contributed by atoms with Crippen molar-refractivity contribution in [2.24, 2.45) is 11.3 Å². The lowest BCUT2D eigenvalue weighted by molar-refractivity contribution is 0.530. The highest BCUT2D eigenvalue weighted by atomic mass is 35.5. The van der Waals surface area contributed by atoms with Crippen LogP contribution in [-0.4, -0.2) is 19.9 Å². The first-order valence-corrected chi connectivity index (χ1v) is 7.34. The summed E-state index contributed by atoms with van der Waals surface area (Å²) in [5, 5.41) is 0.165. The number of nitrogens with zero attached hydrogens (tertiary/aromatic N) is 1. The number of hydrogen-bond acceptors (Lipinski definition) is 5. The molecule has 0 radical (unpaired) electrons. The molecule has 1 saturated carbocycles. The van der Waals surface area contributed by atoms with Gasteiger partial charge in [0.1, 0.15) is 4.90 Å². The van der Waals surface area contributed by atoms with Crippen molar-refractivity contribution in [3.63, 3.8) is 0 Å². The van der Waals surface area contributed by atoms with Crippen LogP contribution in [0.25, 0.3) is 0 Å². The van der Waals surface area contributed by atoms with E-state index < -0.39 is 10.0 Å². The number of nitrogen functional groups attached to an aromatic ring is 1. The number of rotatable bonds is 5. The van der Waals surface area contributed by atoms with E-state index in [1.165, 1.54) is 12.3 Å². The number of sulfonamides is 1. The van der Waals surface area contributed by atoms with E-state index in [4.69, 9.17) is 17.4 Å². The van der Waals surface area contributed by atoms with Crippen LogP contribution in [0.2, 0.25) is 5.02 Å². The maximum atomic E-state index is 12.0. The van der Waals surface area contributed by atoms with Gasteiger partial charge in [-0.15, -0.1) is 0 Å². The monoisotopic (exact) mass is 290 g/mol. The third-order valence-corrected chi connectivity index (χ3v) is 4.71. The van der Waals surface area contributed by atoms with E-state index in [2.05, 4.69) is 15.1 Å². The van der Waals surface area contributed by atoms with Crippen molar-refractivity contribution in [2.45, 2.75) is 24.7 Å². The molecule has 0 atom stereocenters. The van der Waals surface area contributed by atoms with Crippen LogP contribution in [0.5, 0.6) is 0 Å². The largest absolute Gasteiger partial charge is 0.307 e. The van der Waals surface area contributed by atoms with Crippen molar-refractivity contribution in [3.8, 4) is 0 Å². The minimum absolute atomic E-state index is 0.0377. The van der Waals surface area contributed by atoms with Gasteiger partial charge in [-0.05, 0) is 24.3 Å². The highest BCUT2D eigenvalue weighted by molar-refractivity contribution is 7.89. The summed E-state index contributed by atoms with van der Waals surface area (Å²) in [6, 6.07) is 1.32. The topological polar surface area (TPSA) is 97.1 Å². The lowest BCUT2D eigenvalue weighted by Crippen LogP contribution is -2.29. The summed E-state index contributed by atoms with van der Waals surface area (Å²) < 4.78 is 26.6. The normalized spacial score (nSPS) is 17.5. The Morgan fingerprint density at radius 2 is 2.22 bits per heavy atom. The number of nitrogens with one attached hydrogen (secondary N) is 2. The molecule has 18 heavy (non-hydrogen) atoms. The summed E-state index contributed by atoms with van der Waals surface area (Å²) in [5.41, 5.74) is 2.38. The molecule has 0 spiro atoms. The second-order valence-electron chi connectivity index (χ2n) is 4.78. The first-order valence-electron chi connectivity index (χ1n) is 5.48. The predicted molar refractivity (Wildman–Crippen MR) is 69.6 cm³/mol. The van der Waals surface area contributed by atoms with Gasteiger partial charge in [0, 0.05) is 12.7 Å². The fourth-order valence-corrected chi connectivity index (χ4v) is 2.87. The van der Waals surface area contributed by atoms with E-state index >= 15 is 0 Å². The molecule has 1 aromatic heterocycles. The Balaban J connectivity index is 2.16. The van der Waals surface area contributed by atoms with Gasteiger partial charge in [-0.3, -0.25) is 0 Å². The fourth-order valence-electron chi connectivity index (χ4n) is 1.42. The molecule has 0 aliphatic heterocycles. The molecule has 0 unspecified atom stereocenters. The summed E-state index contributed by atoms with van der Waals surface area (Å²) in [6.45, 7) is 2.48. The average molecular weight is 291 g/mol. The standard InChI is InChI=1S/C10H15ClN4O2S/c1-10(2-3-10)6-14-18(16,17)7-4-8(11)9(15-12)13-5-7/h4-5,14H,2-3,6,12H2,1H3,(H,13,15).